The molecule has 2 rings (SSSR count). The lowest BCUT2D eigenvalue weighted by molar-refractivity contribution is -0.377. The first-order valence-electron chi connectivity index (χ1n) is 9.59. The van der Waals surface area contributed by atoms with Crippen molar-refractivity contribution in [2.45, 2.75) is 86.9 Å². The highest BCUT2D eigenvalue weighted by Gasteiger charge is 2.50. The van der Waals surface area contributed by atoms with Gasteiger partial charge in [0.2, 0.25) is 0 Å². The summed E-state index contributed by atoms with van der Waals surface area (Å²) in [6.45, 7) is 1.63. The first-order valence-corrected chi connectivity index (χ1v) is 9.59. The highest BCUT2D eigenvalue weighted by molar-refractivity contribution is 5.74. The quantitative estimate of drug-likeness (QED) is 0.165. The molecule has 31 heavy (non-hydrogen) atoms. The summed E-state index contributed by atoms with van der Waals surface area (Å²) in [5.74, 6) is -1.32. The van der Waals surface area contributed by atoms with Crippen LogP contribution in [0, 0.1) is 0 Å². The third-order valence-electron chi connectivity index (χ3n) is 5.42. The van der Waals surface area contributed by atoms with Gasteiger partial charge < -0.3 is 65.5 Å². The minimum atomic E-state index is -1.81. The standard InChI is InChI=1S/C17H31NO13/c1-17(2,13(18)14(26)27)28-4-6-8(21)10(23)12(25)16(30-6)31-15-11(24)9(22)7(20)5(3-19)29-15/h5-13,15-16,19-25H,3-4,18H2,1-2H3,(H,26,27)/t5-,6-,7-,8-,9+,10+,11-,12-,13?,15-,16-/m1/s1. The van der Waals surface area contributed by atoms with Gasteiger partial charge in [0.25, 0.3) is 0 Å². The summed E-state index contributed by atoms with van der Waals surface area (Å²) in [5.41, 5.74) is 4.17. The van der Waals surface area contributed by atoms with Gasteiger partial charge in [-0.3, -0.25) is 4.79 Å². The monoisotopic (exact) mass is 457 g/mol. The normalized spacial score (nSPS) is 42.9. The van der Waals surface area contributed by atoms with Crippen molar-refractivity contribution in [1.82, 2.24) is 0 Å². The summed E-state index contributed by atoms with van der Waals surface area (Å²) in [6.07, 6.45) is -16.4. The highest BCUT2D eigenvalue weighted by atomic mass is 16.8. The second-order valence-electron chi connectivity index (χ2n) is 8.08. The minimum absolute atomic E-state index is 0.451. The van der Waals surface area contributed by atoms with Gasteiger partial charge in [-0.1, -0.05) is 0 Å². The Morgan fingerprint density at radius 2 is 1.35 bits per heavy atom. The number of carboxylic acid groups (broad SMARTS) is 1. The average Bonchev–Trinajstić information content (AvgIpc) is 2.72. The van der Waals surface area contributed by atoms with Crippen LogP contribution in [0.5, 0.6) is 0 Å². The van der Waals surface area contributed by atoms with Crippen LogP contribution < -0.4 is 5.73 Å². The van der Waals surface area contributed by atoms with Gasteiger partial charge >= 0.3 is 5.97 Å². The van der Waals surface area contributed by atoms with Gasteiger partial charge in [-0.05, 0) is 13.8 Å². The SMILES string of the molecule is CC(C)(OC[C@H]1O[C@H](O[C@H]2O[C@H](CO)[C@@H](O)[C@H](O)[C@H]2O)[C@H](O)[C@@H](O)[C@@H]1O)C(N)C(=O)O. The Kier molecular flexibility index (Phi) is 8.71. The van der Waals surface area contributed by atoms with Gasteiger partial charge in [0, 0.05) is 0 Å². The van der Waals surface area contributed by atoms with E-state index in [9.17, 15) is 40.5 Å². The van der Waals surface area contributed by atoms with E-state index in [-0.39, 0.29) is 0 Å². The van der Waals surface area contributed by atoms with Crippen LogP contribution in [0.4, 0.5) is 0 Å². The third kappa shape index (κ3) is 5.68. The molecule has 0 radical (unpaired) electrons. The average molecular weight is 457 g/mol. The van der Waals surface area contributed by atoms with E-state index in [0.29, 0.717) is 0 Å². The van der Waals surface area contributed by atoms with E-state index in [1.807, 2.05) is 0 Å². The maximum Gasteiger partial charge on any atom is 0.323 e. The van der Waals surface area contributed by atoms with Crippen LogP contribution in [0.25, 0.3) is 0 Å². The molecule has 2 heterocycles. The Balaban J connectivity index is 2.08. The summed E-state index contributed by atoms with van der Waals surface area (Å²) in [5, 5.41) is 78.5. The molecule has 2 saturated heterocycles. The summed E-state index contributed by atoms with van der Waals surface area (Å²) in [7, 11) is 0. The molecular formula is C17H31NO13. The molecule has 0 spiro atoms. The number of ether oxygens (including phenoxy) is 4. The Labute approximate surface area is 177 Å². The van der Waals surface area contributed by atoms with E-state index in [1.54, 1.807) is 0 Å². The summed E-state index contributed by atoms with van der Waals surface area (Å²) in [6, 6.07) is -1.41. The van der Waals surface area contributed by atoms with Crippen LogP contribution in [-0.2, 0) is 23.7 Å². The van der Waals surface area contributed by atoms with E-state index in [2.05, 4.69) is 0 Å². The number of hydrogen-bond donors (Lipinski definition) is 9. The molecule has 2 fully saturated rings. The zero-order valence-electron chi connectivity index (χ0n) is 17.0. The number of aliphatic hydroxyl groups excluding tert-OH is 7. The van der Waals surface area contributed by atoms with Gasteiger partial charge in [-0.25, -0.2) is 0 Å². The molecule has 0 saturated carbocycles. The van der Waals surface area contributed by atoms with Crippen LogP contribution >= 0.6 is 0 Å². The number of carbonyl (C=O) groups is 1. The second-order valence-corrected chi connectivity index (χ2v) is 8.08. The van der Waals surface area contributed by atoms with Crippen molar-refractivity contribution in [3.05, 3.63) is 0 Å². The largest absolute Gasteiger partial charge is 0.480 e. The molecule has 11 atom stereocenters. The van der Waals surface area contributed by atoms with E-state index in [4.69, 9.17) is 29.8 Å². The first kappa shape index (κ1) is 26.2. The first-order chi connectivity index (χ1) is 14.3. The minimum Gasteiger partial charge on any atom is -0.480 e. The number of aliphatic hydroxyl groups is 7. The number of aliphatic carboxylic acids is 1. The molecule has 0 aromatic rings. The molecular weight excluding hydrogens is 426 g/mol. The molecule has 182 valence electrons. The van der Waals surface area contributed by atoms with Crippen molar-refractivity contribution in [2.75, 3.05) is 13.2 Å². The summed E-state index contributed by atoms with van der Waals surface area (Å²) < 4.78 is 21.3. The van der Waals surface area contributed by atoms with Crippen molar-refractivity contribution in [3.8, 4) is 0 Å². The predicted octanol–water partition coefficient (Wildman–Crippen LogP) is -5.18. The molecule has 14 heteroatoms. The Morgan fingerprint density at radius 1 is 0.903 bits per heavy atom. The summed E-state index contributed by atoms with van der Waals surface area (Å²) >= 11 is 0. The van der Waals surface area contributed by atoms with E-state index < -0.39 is 92.2 Å². The fraction of sp³-hybridized carbons (Fsp3) is 0.941. The molecule has 2 aliphatic rings. The van der Waals surface area contributed by atoms with E-state index in [1.165, 1.54) is 13.8 Å². The second kappa shape index (κ2) is 10.3. The van der Waals surface area contributed by atoms with Crippen molar-refractivity contribution in [3.63, 3.8) is 0 Å². The Bertz CT molecular complexity index is 605. The Hall–Kier alpha value is -1.01. The van der Waals surface area contributed by atoms with Crippen molar-refractivity contribution in [1.29, 1.82) is 0 Å². The molecule has 0 aromatic carbocycles. The van der Waals surface area contributed by atoms with E-state index in [0.717, 1.165) is 0 Å². The lowest BCUT2D eigenvalue weighted by atomic mass is 9.97. The lowest BCUT2D eigenvalue weighted by Crippen LogP contribution is -2.64. The zero-order chi connectivity index (χ0) is 23.7. The van der Waals surface area contributed by atoms with Crippen LogP contribution in [0.15, 0.2) is 0 Å². The van der Waals surface area contributed by atoms with Crippen molar-refractivity contribution < 1.29 is 64.6 Å². The maximum atomic E-state index is 11.1. The van der Waals surface area contributed by atoms with Gasteiger partial charge in [0.05, 0.1) is 18.8 Å². The summed E-state index contributed by atoms with van der Waals surface area (Å²) in [4.78, 5) is 11.1. The van der Waals surface area contributed by atoms with Crippen LogP contribution in [0.2, 0.25) is 0 Å². The molecule has 14 nitrogen and oxygen atoms in total. The lowest BCUT2D eigenvalue weighted by Gasteiger charge is -2.45. The third-order valence-corrected chi connectivity index (χ3v) is 5.42. The Morgan fingerprint density at radius 3 is 1.81 bits per heavy atom. The number of nitrogens with two attached hydrogens (primary N) is 1. The van der Waals surface area contributed by atoms with Crippen LogP contribution in [0.1, 0.15) is 13.8 Å². The van der Waals surface area contributed by atoms with E-state index >= 15 is 0 Å². The molecule has 10 N–H and O–H groups in total. The molecule has 1 unspecified atom stereocenters. The smallest absolute Gasteiger partial charge is 0.323 e. The molecule has 2 aliphatic heterocycles. The molecule has 0 aliphatic carbocycles. The number of hydrogen-bond acceptors (Lipinski definition) is 13. The highest BCUT2D eigenvalue weighted by Crippen LogP contribution is 2.29. The van der Waals surface area contributed by atoms with Crippen LogP contribution in [-0.4, -0.2) is 133 Å². The van der Waals surface area contributed by atoms with Gasteiger partial charge in [-0.2, -0.15) is 0 Å². The molecule has 0 amide bonds. The fourth-order valence-electron chi connectivity index (χ4n) is 3.16. The maximum absolute atomic E-state index is 11.1. The van der Waals surface area contributed by atoms with Crippen molar-refractivity contribution in [2.24, 2.45) is 5.73 Å². The molecule has 0 bridgehead atoms. The van der Waals surface area contributed by atoms with Gasteiger partial charge in [0.15, 0.2) is 12.6 Å². The number of rotatable bonds is 8. The number of carboxylic acids is 1. The predicted molar refractivity (Wildman–Crippen MR) is 97.2 cm³/mol. The zero-order valence-corrected chi connectivity index (χ0v) is 17.0. The van der Waals surface area contributed by atoms with Gasteiger partial charge in [-0.15, -0.1) is 0 Å². The van der Waals surface area contributed by atoms with Crippen LogP contribution in [0.3, 0.4) is 0 Å². The van der Waals surface area contributed by atoms with Gasteiger partial charge in [0.1, 0.15) is 54.9 Å². The van der Waals surface area contributed by atoms with Crippen molar-refractivity contribution >= 4 is 5.97 Å². The fourth-order valence-corrected chi connectivity index (χ4v) is 3.16. The molecule has 0 aromatic heterocycles. The topological polar surface area (TPSA) is 242 Å².